The van der Waals surface area contributed by atoms with Crippen LogP contribution in [0.2, 0.25) is 0 Å². The van der Waals surface area contributed by atoms with Crippen LogP contribution in [0.1, 0.15) is 28.9 Å². The highest BCUT2D eigenvalue weighted by atomic mass is 19.1. The first kappa shape index (κ1) is 15.9. The van der Waals surface area contributed by atoms with E-state index in [0.717, 1.165) is 10.9 Å². The Kier molecular flexibility index (Phi) is 4.42. The van der Waals surface area contributed by atoms with Gasteiger partial charge >= 0.3 is 0 Å². The first-order chi connectivity index (χ1) is 11.6. The zero-order valence-electron chi connectivity index (χ0n) is 13.4. The third-order valence-corrected chi connectivity index (χ3v) is 3.91. The molecule has 1 N–H and O–H groups in total. The highest BCUT2D eigenvalue weighted by Crippen LogP contribution is 2.23. The maximum absolute atomic E-state index is 13.8. The number of hydrogen-bond acceptors (Lipinski definition) is 3. The van der Waals surface area contributed by atoms with Crippen molar-refractivity contribution in [2.75, 3.05) is 7.11 Å². The van der Waals surface area contributed by atoms with Crippen LogP contribution in [-0.4, -0.2) is 18.0 Å². The summed E-state index contributed by atoms with van der Waals surface area (Å²) in [5.41, 5.74) is 1.97. The molecule has 4 nitrogen and oxygen atoms in total. The SMILES string of the molecule is COc1ccc(C(C)NC(=O)c2cccc3ncccc23)cc1F. The lowest BCUT2D eigenvalue weighted by Gasteiger charge is -2.16. The minimum Gasteiger partial charge on any atom is -0.494 e. The Morgan fingerprint density at radius 3 is 2.79 bits per heavy atom. The molecule has 0 spiro atoms. The van der Waals surface area contributed by atoms with Crippen LogP contribution in [0, 0.1) is 5.82 Å². The van der Waals surface area contributed by atoms with Crippen molar-refractivity contribution in [2.45, 2.75) is 13.0 Å². The Hall–Kier alpha value is -2.95. The van der Waals surface area contributed by atoms with Gasteiger partial charge in [-0.05, 0) is 42.8 Å². The number of rotatable bonds is 4. The number of amides is 1. The molecular formula is C19H17FN2O2. The summed E-state index contributed by atoms with van der Waals surface area (Å²) in [6, 6.07) is 13.4. The number of hydrogen-bond donors (Lipinski definition) is 1. The summed E-state index contributed by atoms with van der Waals surface area (Å²) in [7, 11) is 1.41. The third-order valence-electron chi connectivity index (χ3n) is 3.91. The Balaban J connectivity index is 1.84. The number of halogens is 1. The first-order valence-corrected chi connectivity index (χ1v) is 7.58. The van der Waals surface area contributed by atoms with Gasteiger partial charge in [0.1, 0.15) is 0 Å². The van der Waals surface area contributed by atoms with E-state index >= 15 is 0 Å². The number of fused-ring (bicyclic) bond motifs is 1. The van der Waals surface area contributed by atoms with Crippen LogP contribution in [0.25, 0.3) is 10.9 Å². The van der Waals surface area contributed by atoms with Gasteiger partial charge in [-0.3, -0.25) is 9.78 Å². The fourth-order valence-electron chi connectivity index (χ4n) is 2.61. The van der Waals surface area contributed by atoms with Gasteiger partial charge in [0.25, 0.3) is 5.91 Å². The molecule has 0 saturated heterocycles. The monoisotopic (exact) mass is 324 g/mol. The third kappa shape index (κ3) is 3.06. The molecule has 24 heavy (non-hydrogen) atoms. The van der Waals surface area contributed by atoms with Crippen LogP contribution in [0.4, 0.5) is 4.39 Å². The molecule has 5 heteroatoms. The number of pyridine rings is 1. The molecule has 1 aromatic heterocycles. The minimum atomic E-state index is -0.453. The van der Waals surface area contributed by atoms with E-state index in [4.69, 9.17) is 4.74 Å². The molecular weight excluding hydrogens is 307 g/mol. The smallest absolute Gasteiger partial charge is 0.252 e. The van der Waals surface area contributed by atoms with Crippen molar-refractivity contribution >= 4 is 16.8 Å². The second-order valence-electron chi connectivity index (χ2n) is 5.46. The number of benzene rings is 2. The molecule has 0 radical (unpaired) electrons. The number of carbonyl (C=O) groups excluding carboxylic acids is 1. The molecule has 1 atom stereocenters. The number of carbonyl (C=O) groups is 1. The molecule has 0 aliphatic rings. The summed E-state index contributed by atoms with van der Waals surface area (Å²) in [6.45, 7) is 1.81. The Labute approximate surface area is 139 Å². The Bertz CT molecular complexity index is 890. The summed E-state index contributed by atoms with van der Waals surface area (Å²) < 4.78 is 18.7. The summed E-state index contributed by atoms with van der Waals surface area (Å²) >= 11 is 0. The largest absolute Gasteiger partial charge is 0.494 e. The number of methoxy groups -OCH3 is 1. The van der Waals surface area contributed by atoms with E-state index in [1.165, 1.54) is 13.2 Å². The lowest BCUT2D eigenvalue weighted by molar-refractivity contribution is 0.0941. The molecule has 0 aliphatic heterocycles. The van der Waals surface area contributed by atoms with Gasteiger partial charge < -0.3 is 10.1 Å². The van der Waals surface area contributed by atoms with Crippen LogP contribution in [0.3, 0.4) is 0 Å². The molecule has 0 saturated carbocycles. The topological polar surface area (TPSA) is 51.2 Å². The van der Waals surface area contributed by atoms with Crippen molar-refractivity contribution in [1.82, 2.24) is 10.3 Å². The lowest BCUT2D eigenvalue weighted by Crippen LogP contribution is -2.26. The van der Waals surface area contributed by atoms with Crippen molar-refractivity contribution in [1.29, 1.82) is 0 Å². The molecule has 2 aromatic carbocycles. The molecule has 0 fully saturated rings. The van der Waals surface area contributed by atoms with E-state index in [9.17, 15) is 9.18 Å². The second-order valence-corrected chi connectivity index (χ2v) is 5.46. The predicted octanol–water partition coefficient (Wildman–Crippen LogP) is 3.87. The van der Waals surface area contributed by atoms with Gasteiger partial charge in [0.2, 0.25) is 0 Å². The van der Waals surface area contributed by atoms with E-state index in [-0.39, 0.29) is 17.7 Å². The molecule has 0 bridgehead atoms. The maximum Gasteiger partial charge on any atom is 0.252 e. The maximum atomic E-state index is 13.8. The van der Waals surface area contributed by atoms with Crippen molar-refractivity contribution in [3.63, 3.8) is 0 Å². The van der Waals surface area contributed by atoms with E-state index in [2.05, 4.69) is 10.3 Å². The summed E-state index contributed by atoms with van der Waals surface area (Å²) in [5, 5.41) is 3.68. The van der Waals surface area contributed by atoms with Crippen molar-refractivity contribution < 1.29 is 13.9 Å². The van der Waals surface area contributed by atoms with Crippen LogP contribution < -0.4 is 10.1 Å². The van der Waals surface area contributed by atoms with E-state index in [1.54, 1.807) is 36.5 Å². The summed E-state index contributed by atoms with van der Waals surface area (Å²) in [5.74, 6) is -0.500. The molecule has 3 aromatic rings. The Morgan fingerprint density at radius 2 is 2.04 bits per heavy atom. The summed E-state index contributed by atoms with van der Waals surface area (Å²) in [6.07, 6.45) is 1.69. The van der Waals surface area contributed by atoms with Gasteiger partial charge in [-0.2, -0.15) is 0 Å². The molecule has 0 aliphatic carbocycles. The highest BCUT2D eigenvalue weighted by molar-refractivity contribution is 6.06. The quantitative estimate of drug-likeness (QED) is 0.792. The first-order valence-electron chi connectivity index (χ1n) is 7.58. The second kappa shape index (κ2) is 6.66. The van der Waals surface area contributed by atoms with Gasteiger partial charge in [-0.1, -0.05) is 18.2 Å². The molecule has 1 amide bonds. The zero-order chi connectivity index (χ0) is 17.1. The van der Waals surface area contributed by atoms with Gasteiger partial charge in [-0.15, -0.1) is 0 Å². The van der Waals surface area contributed by atoms with Crippen molar-refractivity contribution in [3.8, 4) is 5.75 Å². The minimum absolute atomic E-state index is 0.178. The van der Waals surface area contributed by atoms with Crippen LogP contribution in [0.15, 0.2) is 54.7 Å². The standard InChI is InChI=1S/C19H17FN2O2/c1-12(13-8-9-18(24-2)16(20)11-13)22-19(23)15-5-3-7-17-14(15)6-4-10-21-17/h3-12H,1-2H3,(H,22,23). The molecule has 3 rings (SSSR count). The molecule has 1 unspecified atom stereocenters. The van der Waals surface area contributed by atoms with Gasteiger partial charge in [-0.25, -0.2) is 4.39 Å². The average Bonchev–Trinajstić information content (AvgIpc) is 2.61. The molecule has 122 valence electrons. The average molecular weight is 324 g/mol. The molecule has 1 heterocycles. The predicted molar refractivity (Wildman–Crippen MR) is 90.6 cm³/mol. The number of ether oxygens (including phenoxy) is 1. The number of nitrogens with one attached hydrogen (secondary N) is 1. The Morgan fingerprint density at radius 1 is 1.21 bits per heavy atom. The summed E-state index contributed by atoms with van der Waals surface area (Å²) in [4.78, 5) is 16.8. The van der Waals surface area contributed by atoms with E-state index < -0.39 is 5.82 Å². The van der Waals surface area contributed by atoms with Gasteiger partial charge in [0.05, 0.1) is 18.7 Å². The number of nitrogens with zero attached hydrogens (tertiary/aromatic N) is 1. The lowest BCUT2D eigenvalue weighted by atomic mass is 10.1. The van der Waals surface area contributed by atoms with E-state index in [1.807, 2.05) is 19.1 Å². The van der Waals surface area contributed by atoms with Crippen LogP contribution in [-0.2, 0) is 0 Å². The van der Waals surface area contributed by atoms with Crippen molar-refractivity contribution in [2.24, 2.45) is 0 Å². The zero-order valence-corrected chi connectivity index (χ0v) is 13.4. The highest BCUT2D eigenvalue weighted by Gasteiger charge is 2.15. The van der Waals surface area contributed by atoms with Crippen LogP contribution >= 0.6 is 0 Å². The van der Waals surface area contributed by atoms with Gasteiger partial charge in [0.15, 0.2) is 11.6 Å². The van der Waals surface area contributed by atoms with E-state index in [0.29, 0.717) is 11.1 Å². The normalized spacial score (nSPS) is 12.0. The fourth-order valence-corrected chi connectivity index (χ4v) is 2.61. The number of aromatic nitrogens is 1. The van der Waals surface area contributed by atoms with Crippen molar-refractivity contribution in [3.05, 3.63) is 71.7 Å². The fraction of sp³-hybridized carbons (Fsp3) is 0.158. The van der Waals surface area contributed by atoms with Crippen LogP contribution in [0.5, 0.6) is 5.75 Å². The van der Waals surface area contributed by atoms with Gasteiger partial charge in [0, 0.05) is 17.1 Å².